The molecule has 0 unspecified atom stereocenters. The van der Waals surface area contributed by atoms with Crippen molar-refractivity contribution in [2.45, 2.75) is 13.1 Å². The Bertz CT molecular complexity index is 653. The monoisotopic (exact) mass is 300 g/mol. The minimum atomic E-state index is 0. The summed E-state index contributed by atoms with van der Waals surface area (Å²) in [6.45, 7) is 1.44. The molecule has 2 aromatic heterocycles. The first-order valence-corrected chi connectivity index (χ1v) is 6.66. The molecule has 0 radical (unpaired) electrons. The largest absolute Gasteiger partial charge is 0.460 e. The van der Waals surface area contributed by atoms with Crippen LogP contribution in [0.4, 0.5) is 0 Å². The van der Waals surface area contributed by atoms with Crippen molar-refractivity contribution in [3.8, 4) is 11.3 Å². The van der Waals surface area contributed by atoms with Crippen molar-refractivity contribution >= 4 is 12.4 Å². The zero-order chi connectivity index (χ0) is 13.6. The van der Waals surface area contributed by atoms with Gasteiger partial charge >= 0.3 is 0 Å². The Morgan fingerprint density at radius 1 is 0.857 bits per heavy atom. The van der Waals surface area contributed by atoms with Gasteiger partial charge in [0.2, 0.25) is 0 Å². The second kappa shape index (κ2) is 7.62. The number of hydrogen-bond acceptors (Lipinski definition) is 3. The normalized spacial score (nSPS) is 10.1. The minimum absolute atomic E-state index is 0. The topological polar surface area (TPSA) is 38.1 Å². The highest BCUT2D eigenvalue weighted by atomic mass is 35.5. The van der Waals surface area contributed by atoms with Crippen LogP contribution in [-0.2, 0) is 13.1 Å². The molecule has 0 saturated heterocycles. The van der Waals surface area contributed by atoms with Crippen molar-refractivity contribution in [3.05, 3.63) is 78.3 Å². The Morgan fingerprint density at radius 3 is 2.43 bits per heavy atom. The van der Waals surface area contributed by atoms with Gasteiger partial charge in [0.25, 0.3) is 0 Å². The highest BCUT2D eigenvalue weighted by Gasteiger charge is 2.04. The van der Waals surface area contributed by atoms with E-state index >= 15 is 0 Å². The fraction of sp³-hybridized carbons (Fsp3) is 0.118. The predicted octanol–water partition coefficient (Wildman–Crippen LogP) is 4.05. The number of rotatable bonds is 5. The molecule has 0 aliphatic carbocycles. The molecule has 0 spiro atoms. The molecule has 3 aromatic rings. The SMILES string of the molecule is Cl.c1ccc(-c2ccc(CNCc3ccccn3)o2)cc1. The van der Waals surface area contributed by atoms with Gasteiger partial charge in [-0.05, 0) is 24.3 Å². The van der Waals surface area contributed by atoms with Crippen LogP contribution >= 0.6 is 12.4 Å². The average molecular weight is 301 g/mol. The van der Waals surface area contributed by atoms with Gasteiger partial charge in [-0.25, -0.2) is 0 Å². The molecule has 108 valence electrons. The predicted molar refractivity (Wildman–Crippen MR) is 86.2 cm³/mol. The number of benzene rings is 1. The van der Waals surface area contributed by atoms with E-state index in [1.807, 2.05) is 60.7 Å². The van der Waals surface area contributed by atoms with Gasteiger partial charge in [-0.1, -0.05) is 36.4 Å². The molecule has 1 N–H and O–H groups in total. The highest BCUT2D eigenvalue weighted by molar-refractivity contribution is 5.85. The van der Waals surface area contributed by atoms with E-state index in [4.69, 9.17) is 4.42 Å². The van der Waals surface area contributed by atoms with Crippen LogP contribution in [0.15, 0.2) is 71.3 Å². The zero-order valence-electron chi connectivity index (χ0n) is 11.5. The lowest BCUT2D eigenvalue weighted by atomic mass is 10.2. The van der Waals surface area contributed by atoms with Gasteiger partial charge in [-0.15, -0.1) is 12.4 Å². The second-order valence-corrected chi connectivity index (χ2v) is 4.56. The van der Waals surface area contributed by atoms with Crippen LogP contribution in [0.2, 0.25) is 0 Å². The van der Waals surface area contributed by atoms with Crippen LogP contribution in [0, 0.1) is 0 Å². The van der Waals surface area contributed by atoms with E-state index in [-0.39, 0.29) is 12.4 Å². The van der Waals surface area contributed by atoms with Crippen LogP contribution in [0.25, 0.3) is 11.3 Å². The van der Waals surface area contributed by atoms with Crippen LogP contribution in [-0.4, -0.2) is 4.98 Å². The summed E-state index contributed by atoms with van der Waals surface area (Å²) in [5.41, 5.74) is 2.13. The summed E-state index contributed by atoms with van der Waals surface area (Å²) in [5.74, 6) is 1.83. The smallest absolute Gasteiger partial charge is 0.134 e. The van der Waals surface area contributed by atoms with E-state index in [2.05, 4.69) is 10.3 Å². The maximum absolute atomic E-state index is 5.82. The number of halogens is 1. The maximum atomic E-state index is 5.82. The Morgan fingerprint density at radius 2 is 1.67 bits per heavy atom. The molecular weight excluding hydrogens is 284 g/mol. The number of furan rings is 1. The quantitative estimate of drug-likeness (QED) is 0.772. The fourth-order valence-electron chi connectivity index (χ4n) is 2.05. The van der Waals surface area contributed by atoms with Crippen molar-refractivity contribution in [2.24, 2.45) is 0 Å². The summed E-state index contributed by atoms with van der Waals surface area (Å²) in [7, 11) is 0. The van der Waals surface area contributed by atoms with Gasteiger partial charge in [-0.3, -0.25) is 4.98 Å². The van der Waals surface area contributed by atoms with Gasteiger partial charge in [-0.2, -0.15) is 0 Å². The third-order valence-electron chi connectivity index (χ3n) is 3.05. The molecule has 0 fully saturated rings. The summed E-state index contributed by atoms with van der Waals surface area (Å²) in [6.07, 6.45) is 1.80. The lowest BCUT2D eigenvalue weighted by Crippen LogP contribution is -2.12. The van der Waals surface area contributed by atoms with Crippen LogP contribution in [0.1, 0.15) is 11.5 Å². The standard InChI is InChI=1S/C17H16N2O.ClH/c1-2-6-14(7-3-1)17-10-9-16(20-17)13-18-12-15-8-4-5-11-19-15;/h1-11,18H,12-13H2;1H. The van der Waals surface area contributed by atoms with Crippen molar-refractivity contribution in [1.82, 2.24) is 10.3 Å². The molecule has 0 saturated carbocycles. The molecule has 3 rings (SSSR count). The summed E-state index contributed by atoms with van der Waals surface area (Å²) >= 11 is 0. The van der Waals surface area contributed by atoms with Crippen LogP contribution in [0.5, 0.6) is 0 Å². The summed E-state index contributed by atoms with van der Waals surface area (Å²) in [4.78, 5) is 4.27. The van der Waals surface area contributed by atoms with Gasteiger partial charge in [0.15, 0.2) is 0 Å². The van der Waals surface area contributed by atoms with Crippen molar-refractivity contribution in [1.29, 1.82) is 0 Å². The molecule has 2 heterocycles. The van der Waals surface area contributed by atoms with Crippen LogP contribution in [0.3, 0.4) is 0 Å². The molecular formula is C17H17ClN2O. The first kappa shape index (κ1) is 15.3. The number of pyridine rings is 1. The number of nitrogens with one attached hydrogen (secondary N) is 1. The Labute approximate surface area is 130 Å². The third-order valence-corrected chi connectivity index (χ3v) is 3.05. The molecule has 21 heavy (non-hydrogen) atoms. The molecule has 0 aliphatic rings. The van der Waals surface area contributed by atoms with E-state index in [0.29, 0.717) is 6.54 Å². The molecule has 0 atom stereocenters. The van der Waals surface area contributed by atoms with Gasteiger partial charge in [0.1, 0.15) is 11.5 Å². The second-order valence-electron chi connectivity index (χ2n) is 4.56. The van der Waals surface area contributed by atoms with Gasteiger partial charge in [0, 0.05) is 18.3 Å². The molecule has 3 nitrogen and oxygen atoms in total. The Kier molecular flexibility index (Phi) is 5.55. The lowest BCUT2D eigenvalue weighted by Gasteiger charge is -2.02. The lowest BCUT2D eigenvalue weighted by molar-refractivity contribution is 0.492. The minimum Gasteiger partial charge on any atom is -0.460 e. The average Bonchev–Trinajstić information content (AvgIpc) is 2.98. The van der Waals surface area contributed by atoms with E-state index in [0.717, 1.165) is 29.3 Å². The summed E-state index contributed by atoms with van der Waals surface area (Å²) in [6, 6.07) is 20.0. The van der Waals surface area contributed by atoms with E-state index in [1.54, 1.807) is 6.20 Å². The zero-order valence-corrected chi connectivity index (χ0v) is 12.3. The fourth-order valence-corrected chi connectivity index (χ4v) is 2.05. The molecule has 0 aliphatic heterocycles. The Balaban J connectivity index is 0.00000161. The first-order valence-electron chi connectivity index (χ1n) is 6.66. The molecule has 1 aromatic carbocycles. The summed E-state index contributed by atoms with van der Waals surface area (Å²) in [5, 5.41) is 3.33. The van der Waals surface area contributed by atoms with E-state index in [9.17, 15) is 0 Å². The molecule has 4 heteroatoms. The number of nitrogens with zero attached hydrogens (tertiary/aromatic N) is 1. The van der Waals surface area contributed by atoms with Crippen LogP contribution < -0.4 is 5.32 Å². The van der Waals surface area contributed by atoms with Gasteiger partial charge < -0.3 is 9.73 Å². The number of aromatic nitrogens is 1. The molecule has 0 amide bonds. The number of hydrogen-bond donors (Lipinski definition) is 1. The van der Waals surface area contributed by atoms with Crippen molar-refractivity contribution in [2.75, 3.05) is 0 Å². The van der Waals surface area contributed by atoms with E-state index in [1.165, 1.54) is 0 Å². The first-order chi connectivity index (χ1) is 9.92. The van der Waals surface area contributed by atoms with E-state index < -0.39 is 0 Å². The highest BCUT2D eigenvalue weighted by Crippen LogP contribution is 2.21. The van der Waals surface area contributed by atoms with Gasteiger partial charge in [0.05, 0.1) is 12.2 Å². The van der Waals surface area contributed by atoms with Crippen molar-refractivity contribution < 1.29 is 4.42 Å². The maximum Gasteiger partial charge on any atom is 0.134 e. The molecule has 0 bridgehead atoms. The van der Waals surface area contributed by atoms with Crippen molar-refractivity contribution in [3.63, 3.8) is 0 Å². The summed E-state index contributed by atoms with van der Waals surface area (Å²) < 4.78 is 5.82. The third kappa shape index (κ3) is 4.18. The Hall–Kier alpha value is -2.10.